The van der Waals surface area contributed by atoms with Crippen LogP contribution in [0, 0.1) is 26.7 Å². The molecule has 4 rings (SSSR count). The molecule has 0 radical (unpaired) electrons. The number of hydrogen-bond donors (Lipinski definition) is 1. The minimum absolute atomic E-state index is 0.503. The highest BCUT2D eigenvalue weighted by molar-refractivity contribution is 7.19. The Morgan fingerprint density at radius 1 is 0.967 bits per heavy atom. The first-order valence-electron chi connectivity index (χ1n) is 10.2. The summed E-state index contributed by atoms with van der Waals surface area (Å²) in [6, 6.07) is 14.7. The zero-order chi connectivity index (χ0) is 21.3. The Hall–Kier alpha value is -2.92. The van der Waals surface area contributed by atoms with E-state index in [1.165, 1.54) is 27.1 Å². The molecule has 2 heterocycles. The highest BCUT2D eigenvalue weighted by Crippen LogP contribution is 2.41. The minimum atomic E-state index is 0.503. The lowest BCUT2D eigenvalue weighted by Crippen LogP contribution is -2.04. The summed E-state index contributed by atoms with van der Waals surface area (Å²) < 4.78 is 5.79. The molecule has 1 N–H and O–H groups in total. The van der Waals surface area contributed by atoms with Crippen molar-refractivity contribution in [3.05, 3.63) is 64.8 Å². The zero-order valence-corrected chi connectivity index (χ0v) is 18.9. The third kappa shape index (κ3) is 4.17. The number of fused-ring (bicyclic) bond motifs is 1. The summed E-state index contributed by atoms with van der Waals surface area (Å²) in [6.07, 6.45) is 1.63. The maximum Gasteiger partial charge on any atom is 0.143 e. The summed E-state index contributed by atoms with van der Waals surface area (Å²) in [6.45, 7) is 11.5. The fraction of sp³-hybridized carbons (Fsp3) is 0.280. The first kappa shape index (κ1) is 20.4. The van der Waals surface area contributed by atoms with E-state index in [-0.39, 0.29) is 0 Å². The van der Waals surface area contributed by atoms with E-state index in [0.29, 0.717) is 12.5 Å². The number of benzene rings is 2. The van der Waals surface area contributed by atoms with E-state index in [4.69, 9.17) is 4.74 Å². The Morgan fingerprint density at radius 2 is 1.73 bits per heavy atom. The second-order valence-electron chi connectivity index (χ2n) is 8.09. The van der Waals surface area contributed by atoms with Gasteiger partial charge in [-0.05, 0) is 67.6 Å². The van der Waals surface area contributed by atoms with Gasteiger partial charge >= 0.3 is 0 Å². The second-order valence-corrected chi connectivity index (χ2v) is 9.29. The van der Waals surface area contributed by atoms with Gasteiger partial charge in [0.25, 0.3) is 0 Å². The van der Waals surface area contributed by atoms with Crippen LogP contribution in [-0.2, 0) is 0 Å². The van der Waals surface area contributed by atoms with Gasteiger partial charge in [-0.15, -0.1) is 11.3 Å². The third-order valence-corrected chi connectivity index (χ3v) is 6.17. The van der Waals surface area contributed by atoms with Gasteiger partial charge in [0.15, 0.2) is 0 Å². The molecule has 0 amide bonds. The van der Waals surface area contributed by atoms with E-state index < -0.39 is 0 Å². The van der Waals surface area contributed by atoms with Crippen LogP contribution in [0.5, 0.6) is 5.75 Å². The van der Waals surface area contributed by atoms with Gasteiger partial charge in [-0.1, -0.05) is 32.0 Å². The number of ether oxygens (including phenoxy) is 1. The number of hydrogen-bond acceptors (Lipinski definition) is 5. The highest BCUT2D eigenvalue weighted by Gasteiger charge is 2.17. The lowest BCUT2D eigenvalue weighted by Gasteiger charge is -2.12. The van der Waals surface area contributed by atoms with Gasteiger partial charge in [-0.3, -0.25) is 0 Å². The van der Waals surface area contributed by atoms with Crippen LogP contribution in [0.3, 0.4) is 0 Å². The molecule has 0 aliphatic carbocycles. The van der Waals surface area contributed by atoms with Gasteiger partial charge in [0.05, 0.1) is 12.0 Å². The molecule has 0 aliphatic heterocycles. The monoisotopic (exact) mass is 417 g/mol. The minimum Gasteiger partial charge on any atom is -0.493 e. The second kappa shape index (κ2) is 8.44. The van der Waals surface area contributed by atoms with Crippen molar-refractivity contribution in [2.75, 3.05) is 11.9 Å². The molecule has 0 aliphatic rings. The quantitative estimate of drug-likeness (QED) is 0.365. The van der Waals surface area contributed by atoms with Crippen molar-refractivity contribution in [3.8, 4) is 16.9 Å². The molecule has 0 saturated carbocycles. The molecule has 30 heavy (non-hydrogen) atoms. The number of rotatable bonds is 6. The number of nitrogens with one attached hydrogen (secondary N) is 1. The van der Waals surface area contributed by atoms with E-state index in [1.54, 1.807) is 17.7 Å². The van der Waals surface area contributed by atoms with Crippen molar-refractivity contribution in [2.45, 2.75) is 34.6 Å². The largest absolute Gasteiger partial charge is 0.493 e. The molecule has 0 bridgehead atoms. The van der Waals surface area contributed by atoms with Crippen molar-refractivity contribution in [1.82, 2.24) is 9.97 Å². The molecule has 2 aromatic carbocycles. The Morgan fingerprint density at radius 3 is 2.43 bits per heavy atom. The van der Waals surface area contributed by atoms with E-state index in [9.17, 15) is 0 Å². The number of aromatic nitrogens is 2. The predicted molar refractivity (Wildman–Crippen MR) is 127 cm³/mol. The van der Waals surface area contributed by atoms with Gasteiger partial charge in [-0.2, -0.15) is 0 Å². The molecule has 0 saturated heterocycles. The lowest BCUT2D eigenvalue weighted by molar-refractivity contribution is 0.271. The topological polar surface area (TPSA) is 47.0 Å². The first-order valence-corrected chi connectivity index (χ1v) is 11.1. The van der Waals surface area contributed by atoms with Gasteiger partial charge < -0.3 is 10.1 Å². The zero-order valence-electron chi connectivity index (χ0n) is 18.1. The predicted octanol–water partition coefficient (Wildman–Crippen LogP) is 7.06. The maximum atomic E-state index is 5.79. The van der Waals surface area contributed by atoms with Crippen LogP contribution in [0.2, 0.25) is 0 Å². The molecule has 4 aromatic rings. The summed E-state index contributed by atoms with van der Waals surface area (Å²) >= 11 is 1.71. The number of aryl methyl sites for hydroxylation is 3. The van der Waals surface area contributed by atoms with Gasteiger partial charge in [0.2, 0.25) is 0 Å². The average Bonchev–Trinajstić information content (AvgIpc) is 3.06. The molecular weight excluding hydrogens is 390 g/mol. The Labute approximate surface area is 182 Å². The van der Waals surface area contributed by atoms with E-state index >= 15 is 0 Å². The fourth-order valence-electron chi connectivity index (χ4n) is 3.42. The van der Waals surface area contributed by atoms with Gasteiger partial charge in [0.1, 0.15) is 22.7 Å². The Kier molecular flexibility index (Phi) is 5.73. The number of nitrogens with zero attached hydrogens (tertiary/aromatic N) is 2. The molecule has 0 atom stereocenters. The van der Waals surface area contributed by atoms with Crippen molar-refractivity contribution in [2.24, 2.45) is 5.92 Å². The summed E-state index contributed by atoms with van der Waals surface area (Å²) in [7, 11) is 0. The summed E-state index contributed by atoms with van der Waals surface area (Å²) in [5.41, 5.74) is 5.97. The number of thiophene rings is 1. The average molecular weight is 418 g/mol. The van der Waals surface area contributed by atoms with Crippen molar-refractivity contribution in [3.63, 3.8) is 0 Å². The van der Waals surface area contributed by atoms with E-state index in [1.807, 2.05) is 24.3 Å². The maximum absolute atomic E-state index is 5.79. The standard InChI is InChI=1S/C25H27N3OS/c1-15(2)13-29-21-10-8-20(9-11-21)28-24-23-22(18(5)30-25(23)27-14-26-24)19-7-6-16(3)17(4)12-19/h6-12,14-15H,13H2,1-5H3,(H,26,27,28). The van der Waals surface area contributed by atoms with E-state index in [0.717, 1.165) is 27.5 Å². The van der Waals surface area contributed by atoms with Crippen molar-refractivity contribution < 1.29 is 4.74 Å². The summed E-state index contributed by atoms with van der Waals surface area (Å²) in [5.74, 6) is 2.21. The van der Waals surface area contributed by atoms with Gasteiger partial charge in [0, 0.05) is 16.1 Å². The Bertz CT molecular complexity index is 1180. The number of anilines is 2. The van der Waals surface area contributed by atoms with Crippen LogP contribution >= 0.6 is 11.3 Å². The smallest absolute Gasteiger partial charge is 0.143 e. The first-order chi connectivity index (χ1) is 14.4. The van der Waals surface area contributed by atoms with Crippen LogP contribution in [0.25, 0.3) is 21.3 Å². The van der Waals surface area contributed by atoms with Crippen LogP contribution in [0.15, 0.2) is 48.8 Å². The van der Waals surface area contributed by atoms with Crippen LogP contribution in [0.4, 0.5) is 11.5 Å². The molecule has 0 fully saturated rings. The molecule has 5 heteroatoms. The highest BCUT2D eigenvalue weighted by atomic mass is 32.1. The fourth-order valence-corrected chi connectivity index (χ4v) is 4.43. The van der Waals surface area contributed by atoms with Crippen molar-refractivity contribution in [1.29, 1.82) is 0 Å². The van der Waals surface area contributed by atoms with Crippen LogP contribution < -0.4 is 10.1 Å². The summed E-state index contributed by atoms with van der Waals surface area (Å²) in [5, 5.41) is 4.56. The SMILES string of the molecule is Cc1ccc(-c2c(C)sc3ncnc(Nc4ccc(OCC(C)C)cc4)c23)cc1C. The van der Waals surface area contributed by atoms with E-state index in [2.05, 4.69) is 68.1 Å². The van der Waals surface area contributed by atoms with Crippen LogP contribution in [0.1, 0.15) is 29.9 Å². The molecule has 2 aromatic heterocycles. The van der Waals surface area contributed by atoms with Crippen LogP contribution in [-0.4, -0.2) is 16.6 Å². The Balaban J connectivity index is 1.70. The molecule has 0 spiro atoms. The molecular formula is C25H27N3OS. The molecule has 154 valence electrons. The molecule has 4 nitrogen and oxygen atoms in total. The molecule has 0 unspecified atom stereocenters. The normalized spacial score (nSPS) is 11.3. The van der Waals surface area contributed by atoms with Gasteiger partial charge in [-0.25, -0.2) is 9.97 Å². The third-order valence-electron chi connectivity index (χ3n) is 5.16. The van der Waals surface area contributed by atoms with Crippen molar-refractivity contribution >= 4 is 33.1 Å². The summed E-state index contributed by atoms with van der Waals surface area (Å²) in [4.78, 5) is 11.3. The lowest BCUT2D eigenvalue weighted by atomic mass is 9.99.